The molecule has 23 heavy (non-hydrogen) atoms. The summed E-state index contributed by atoms with van der Waals surface area (Å²) in [5.41, 5.74) is 0.643. The molecule has 2 rings (SSSR count). The van der Waals surface area contributed by atoms with Gasteiger partial charge in [-0.1, -0.05) is 0 Å². The quantitative estimate of drug-likeness (QED) is 0.895. The highest BCUT2D eigenvalue weighted by atomic mass is 19.4. The number of pyridine rings is 1. The van der Waals surface area contributed by atoms with Crippen LogP contribution in [0.3, 0.4) is 0 Å². The minimum Gasteiger partial charge on any atom is -0.354 e. The highest BCUT2D eigenvalue weighted by Gasteiger charge is 2.29. The van der Waals surface area contributed by atoms with E-state index in [2.05, 4.69) is 15.6 Å². The number of anilines is 2. The molecule has 2 aromatic rings. The molecule has 0 radical (unpaired) electrons. The third-order valence-electron chi connectivity index (χ3n) is 2.92. The van der Waals surface area contributed by atoms with Crippen molar-refractivity contribution in [3.8, 4) is 0 Å². The van der Waals surface area contributed by atoms with Gasteiger partial charge >= 0.3 is 6.18 Å². The number of alkyl halides is 3. The van der Waals surface area contributed by atoms with Crippen LogP contribution in [0.15, 0.2) is 42.7 Å². The van der Waals surface area contributed by atoms with Gasteiger partial charge in [0.15, 0.2) is 0 Å². The number of carbonyl (C=O) groups excluding carboxylic acids is 1. The maximum atomic E-state index is 12.5. The topological polar surface area (TPSA) is 54.0 Å². The molecule has 0 saturated heterocycles. The van der Waals surface area contributed by atoms with Gasteiger partial charge in [-0.2, -0.15) is 13.2 Å². The van der Waals surface area contributed by atoms with Gasteiger partial charge in [0, 0.05) is 17.9 Å². The molecule has 7 heteroatoms. The SMILES string of the molecule is CC(C)NC(=O)c1cncc(Nc2ccc(C(F)(F)F)cc2)c1. The largest absolute Gasteiger partial charge is 0.416 e. The summed E-state index contributed by atoms with van der Waals surface area (Å²) in [4.78, 5) is 15.9. The van der Waals surface area contributed by atoms with Crippen LogP contribution in [0.25, 0.3) is 0 Å². The van der Waals surface area contributed by atoms with E-state index in [1.54, 1.807) is 6.07 Å². The molecule has 4 nitrogen and oxygen atoms in total. The number of nitrogens with one attached hydrogen (secondary N) is 2. The Kier molecular flexibility index (Phi) is 4.88. The average Bonchev–Trinajstić information content (AvgIpc) is 2.46. The summed E-state index contributed by atoms with van der Waals surface area (Å²) in [6, 6.07) is 6.21. The normalized spacial score (nSPS) is 11.4. The van der Waals surface area contributed by atoms with Gasteiger partial charge in [0.2, 0.25) is 0 Å². The first-order valence-electron chi connectivity index (χ1n) is 6.96. The minimum atomic E-state index is -4.37. The minimum absolute atomic E-state index is 0.00553. The molecular weight excluding hydrogens is 307 g/mol. The number of carbonyl (C=O) groups is 1. The zero-order chi connectivity index (χ0) is 17.0. The molecule has 0 saturated carbocycles. The second-order valence-corrected chi connectivity index (χ2v) is 5.29. The lowest BCUT2D eigenvalue weighted by molar-refractivity contribution is -0.137. The number of nitrogens with zero attached hydrogens (tertiary/aromatic N) is 1. The van der Waals surface area contributed by atoms with Gasteiger partial charge in [0.25, 0.3) is 5.91 Å². The van der Waals surface area contributed by atoms with Crippen LogP contribution in [-0.2, 0) is 6.18 Å². The van der Waals surface area contributed by atoms with Crippen LogP contribution < -0.4 is 10.6 Å². The Morgan fingerprint density at radius 3 is 2.30 bits per heavy atom. The Morgan fingerprint density at radius 1 is 1.09 bits per heavy atom. The van der Waals surface area contributed by atoms with Crippen molar-refractivity contribution < 1.29 is 18.0 Å². The Hall–Kier alpha value is -2.57. The van der Waals surface area contributed by atoms with Crippen molar-refractivity contribution in [2.45, 2.75) is 26.1 Å². The van der Waals surface area contributed by atoms with E-state index in [1.165, 1.54) is 24.5 Å². The molecule has 0 unspecified atom stereocenters. The van der Waals surface area contributed by atoms with Crippen molar-refractivity contribution in [2.24, 2.45) is 0 Å². The maximum Gasteiger partial charge on any atom is 0.416 e. The number of rotatable bonds is 4. The molecule has 2 N–H and O–H groups in total. The van der Waals surface area contributed by atoms with E-state index < -0.39 is 11.7 Å². The van der Waals surface area contributed by atoms with Crippen LogP contribution >= 0.6 is 0 Å². The third-order valence-corrected chi connectivity index (χ3v) is 2.92. The molecule has 1 aromatic carbocycles. The summed E-state index contributed by atoms with van der Waals surface area (Å²) in [5, 5.41) is 5.66. The second-order valence-electron chi connectivity index (χ2n) is 5.29. The number of aromatic nitrogens is 1. The number of benzene rings is 1. The van der Waals surface area contributed by atoms with Crippen molar-refractivity contribution in [1.29, 1.82) is 0 Å². The van der Waals surface area contributed by atoms with Gasteiger partial charge in [-0.05, 0) is 44.2 Å². The molecule has 0 aliphatic heterocycles. The zero-order valence-electron chi connectivity index (χ0n) is 12.6. The van der Waals surface area contributed by atoms with Crippen LogP contribution in [0.2, 0.25) is 0 Å². The van der Waals surface area contributed by atoms with Gasteiger partial charge in [-0.25, -0.2) is 0 Å². The molecular formula is C16H16F3N3O. The molecule has 0 bridgehead atoms. The fourth-order valence-corrected chi connectivity index (χ4v) is 1.89. The standard InChI is InChI=1S/C16H16F3N3O/c1-10(2)21-15(23)11-7-14(9-20-8-11)22-13-5-3-12(4-6-13)16(17,18)19/h3-10,22H,1-2H3,(H,21,23). The fourth-order valence-electron chi connectivity index (χ4n) is 1.89. The molecule has 0 fully saturated rings. The van der Waals surface area contributed by atoms with Gasteiger partial charge in [-0.3, -0.25) is 9.78 Å². The van der Waals surface area contributed by atoms with E-state index >= 15 is 0 Å². The molecule has 0 aliphatic carbocycles. The number of hydrogen-bond acceptors (Lipinski definition) is 3. The van der Waals surface area contributed by atoms with Crippen LogP contribution in [0.4, 0.5) is 24.5 Å². The van der Waals surface area contributed by atoms with E-state index in [9.17, 15) is 18.0 Å². The summed E-state index contributed by atoms with van der Waals surface area (Å²) in [7, 11) is 0. The lowest BCUT2D eigenvalue weighted by Crippen LogP contribution is -2.30. The van der Waals surface area contributed by atoms with Gasteiger partial charge in [0.05, 0.1) is 23.0 Å². The first-order valence-corrected chi connectivity index (χ1v) is 6.96. The van der Waals surface area contributed by atoms with Gasteiger partial charge in [-0.15, -0.1) is 0 Å². The average molecular weight is 323 g/mol. The second kappa shape index (κ2) is 6.68. The lowest BCUT2D eigenvalue weighted by atomic mass is 10.2. The Bertz CT molecular complexity index is 682. The van der Waals surface area contributed by atoms with Crippen molar-refractivity contribution in [1.82, 2.24) is 10.3 Å². The summed E-state index contributed by atoms with van der Waals surface area (Å²) in [6.45, 7) is 3.69. The summed E-state index contributed by atoms with van der Waals surface area (Å²) in [6.07, 6.45) is -1.45. The van der Waals surface area contributed by atoms with Crippen molar-refractivity contribution in [3.05, 3.63) is 53.9 Å². The van der Waals surface area contributed by atoms with Crippen LogP contribution in [0.5, 0.6) is 0 Å². The number of hydrogen-bond donors (Lipinski definition) is 2. The Labute approximate surface area is 131 Å². The molecule has 1 heterocycles. The van der Waals surface area contributed by atoms with E-state index in [0.29, 0.717) is 16.9 Å². The first kappa shape index (κ1) is 16.8. The zero-order valence-corrected chi connectivity index (χ0v) is 12.6. The summed E-state index contributed by atoms with van der Waals surface area (Å²) < 4.78 is 37.6. The number of amides is 1. The summed E-state index contributed by atoms with van der Waals surface area (Å²) >= 11 is 0. The van der Waals surface area contributed by atoms with E-state index in [0.717, 1.165) is 12.1 Å². The Balaban J connectivity index is 2.13. The van der Waals surface area contributed by atoms with Crippen molar-refractivity contribution in [3.63, 3.8) is 0 Å². The molecule has 122 valence electrons. The smallest absolute Gasteiger partial charge is 0.354 e. The van der Waals surface area contributed by atoms with Crippen LogP contribution in [0.1, 0.15) is 29.8 Å². The fraction of sp³-hybridized carbons (Fsp3) is 0.250. The highest BCUT2D eigenvalue weighted by molar-refractivity contribution is 5.95. The molecule has 1 aromatic heterocycles. The van der Waals surface area contributed by atoms with E-state index in [-0.39, 0.29) is 11.9 Å². The molecule has 0 aliphatic rings. The number of halogens is 3. The van der Waals surface area contributed by atoms with Gasteiger partial charge < -0.3 is 10.6 Å². The monoisotopic (exact) mass is 323 g/mol. The first-order chi connectivity index (χ1) is 10.8. The van der Waals surface area contributed by atoms with Gasteiger partial charge in [0.1, 0.15) is 0 Å². The molecule has 0 atom stereocenters. The predicted octanol–water partition coefficient (Wildman–Crippen LogP) is 3.98. The molecule has 1 amide bonds. The third kappa shape index (κ3) is 4.70. The lowest BCUT2D eigenvalue weighted by Gasteiger charge is -2.11. The highest BCUT2D eigenvalue weighted by Crippen LogP contribution is 2.30. The maximum absolute atomic E-state index is 12.5. The van der Waals surface area contributed by atoms with E-state index in [1.807, 2.05) is 13.8 Å². The van der Waals surface area contributed by atoms with E-state index in [4.69, 9.17) is 0 Å². The summed E-state index contributed by atoms with van der Waals surface area (Å²) in [5.74, 6) is -0.261. The Morgan fingerprint density at radius 2 is 1.74 bits per heavy atom. The van der Waals surface area contributed by atoms with Crippen LogP contribution in [0, 0.1) is 0 Å². The van der Waals surface area contributed by atoms with Crippen molar-refractivity contribution in [2.75, 3.05) is 5.32 Å². The predicted molar refractivity (Wildman–Crippen MR) is 81.6 cm³/mol. The van der Waals surface area contributed by atoms with Crippen molar-refractivity contribution >= 4 is 17.3 Å². The molecule has 0 spiro atoms. The van der Waals surface area contributed by atoms with Crippen LogP contribution in [-0.4, -0.2) is 16.9 Å².